The summed E-state index contributed by atoms with van der Waals surface area (Å²) in [4.78, 5) is 14.2. The molecule has 4 nitrogen and oxygen atoms in total. The number of hydrogen-bond donors (Lipinski definition) is 1. The molecule has 1 aromatic carbocycles. The topological polar surface area (TPSA) is 41.6 Å². The minimum atomic E-state index is 0.0694. The summed E-state index contributed by atoms with van der Waals surface area (Å²) in [7, 11) is 0. The van der Waals surface area contributed by atoms with Gasteiger partial charge in [0.15, 0.2) is 6.61 Å². The second-order valence-corrected chi connectivity index (χ2v) is 7.14. The first kappa shape index (κ1) is 16.6. The highest BCUT2D eigenvalue weighted by Crippen LogP contribution is 2.28. The molecule has 1 heterocycles. The maximum absolute atomic E-state index is 12.3. The van der Waals surface area contributed by atoms with Gasteiger partial charge in [-0.3, -0.25) is 4.79 Å². The van der Waals surface area contributed by atoms with E-state index in [9.17, 15) is 4.79 Å². The van der Waals surface area contributed by atoms with E-state index in [1.54, 1.807) is 6.07 Å². The zero-order valence-electron chi connectivity index (χ0n) is 13.7. The van der Waals surface area contributed by atoms with Gasteiger partial charge in [0.05, 0.1) is 0 Å². The number of likely N-dealkylation sites (tertiary alicyclic amines) is 1. The zero-order chi connectivity index (χ0) is 16.2. The van der Waals surface area contributed by atoms with E-state index < -0.39 is 0 Å². The molecule has 0 spiro atoms. The lowest BCUT2D eigenvalue weighted by molar-refractivity contribution is -0.134. The lowest BCUT2D eigenvalue weighted by atomic mass is 10.0. The van der Waals surface area contributed by atoms with Crippen LogP contribution in [-0.2, 0) is 4.79 Å². The molecule has 1 amide bonds. The van der Waals surface area contributed by atoms with Crippen LogP contribution in [0.3, 0.4) is 0 Å². The summed E-state index contributed by atoms with van der Waals surface area (Å²) < 4.78 is 5.66. The fourth-order valence-corrected chi connectivity index (χ4v) is 3.22. The molecule has 1 aliphatic carbocycles. The Morgan fingerprint density at radius 3 is 2.70 bits per heavy atom. The summed E-state index contributed by atoms with van der Waals surface area (Å²) in [6.07, 6.45) is 4.84. The van der Waals surface area contributed by atoms with Crippen molar-refractivity contribution < 1.29 is 9.53 Å². The molecule has 2 aliphatic rings. The highest BCUT2D eigenvalue weighted by molar-refractivity contribution is 6.30. The normalized spacial score (nSPS) is 19.0. The zero-order valence-corrected chi connectivity index (χ0v) is 14.4. The molecule has 0 aromatic heterocycles. The molecule has 1 aliphatic heterocycles. The largest absolute Gasteiger partial charge is 0.483 e. The number of nitrogens with one attached hydrogen (secondary N) is 1. The Bertz CT molecular complexity index is 552. The molecule has 1 saturated heterocycles. The molecule has 3 rings (SSSR count). The fourth-order valence-electron chi connectivity index (χ4n) is 2.99. The molecule has 23 heavy (non-hydrogen) atoms. The predicted molar refractivity (Wildman–Crippen MR) is 92.0 cm³/mol. The Hall–Kier alpha value is -1.26. The van der Waals surface area contributed by atoms with E-state index >= 15 is 0 Å². The van der Waals surface area contributed by atoms with Crippen LogP contribution in [0, 0.1) is 12.8 Å². The third kappa shape index (κ3) is 4.85. The monoisotopic (exact) mass is 336 g/mol. The molecule has 0 bridgehead atoms. The molecule has 1 N–H and O–H groups in total. The SMILES string of the molecule is Cc1cc(Cl)ccc1OCC(=O)N1CCC(NCC2CC2)CC1. The van der Waals surface area contributed by atoms with Gasteiger partial charge in [0, 0.05) is 24.2 Å². The van der Waals surface area contributed by atoms with Gasteiger partial charge in [-0.05, 0) is 68.8 Å². The molecule has 126 valence electrons. The van der Waals surface area contributed by atoms with Crippen LogP contribution in [0.15, 0.2) is 18.2 Å². The minimum Gasteiger partial charge on any atom is -0.483 e. The Morgan fingerprint density at radius 2 is 2.04 bits per heavy atom. The number of nitrogens with zero attached hydrogens (tertiary/aromatic N) is 1. The van der Waals surface area contributed by atoms with E-state index in [1.165, 1.54) is 12.8 Å². The van der Waals surface area contributed by atoms with Crippen molar-refractivity contribution in [1.82, 2.24) is 10.2 Å². The number of carbonyl (C=O) groups excluding carboxylic acids is 1. The first-order chi connectivity index (χ1) is 11.1. The summed E-state index contributed by atoms with van der Waals surface area (Å²) in [6.45, 7) is 4.83. The summed E-state index contributed by atoms with van der Waals surface area (Å²) in [5, 5.41) is 4.31. The van der Waals surface area contributed by atoms with Gasteiger partial charge >= 0.3 is 0 Å². The molecular weight excluding hydrogens is 312 g/mol. The van der Waals surface area contributed by atoms with Crippen molar-refractivity contribution in [2.24, 2.45) is 5.92 Å². The van der Waals surface area contributed by atoms with Crippen LogP contribution in [0.1, 0.15) is 31.2 Å². The molecule has 1 aromatic rings. The summed E-state index contributed by atoms with van der Waals surface area (Å²) in [5.74, 6) is 1.70. The third-order valence-corrected chi connectivity index (χ3v) is 4.96. The third-order valence-electron chi connectivity index (χ3n) is 4.73. The summed E-state index contributed by atoms with van der Waals surface area (Å²) >= 11 is 5.93. The van der Waals surface area contributed by atoms with E-state index in [0.717, 1.165) is 49.7 Å². The second kappa shape index (κ2) is 7.54. The number of halogens is 1. The molecule has 0 unspecified atom stereocenters. The lowest BCUT2D eigenvalue weighted by Gasteiger charge is -2.32. The van der Waals surface area contributed by atoms with Crippen molar-refractivity contribution in [3.63, 3.8) is 0 Å². The number of hydrogen-bond acceptors (Lipinski definition) is 3. The van der Waals surface area contributed by atoms with Gasteiger partial charge in [0.2, 0.25) is 0 Å². The minimum absolute atomic E-state index is 0.0694. The maximum atomic E-state index is 12.3. The number of ether oxygens (including phenoxy) is 1. The lowest BCUT2D eigenvalue weighted by Crippen LogP contribution is -2.46. The van der Waals surface area contributed by atoms with Gasteiger partial charge in [-0.25, -0.2) is 0 Å². The van der Waals surface area contributed by atoms with Crippen LogP contribution in [0.2, 0.25) is 5.02 Å². The first-order valence-electron chi connectivity index (χ1n) is 8.52. The number of piperidine rings is 1. The van der Waals surface area contributed by atoms with Crippen molar-refractivity contribution in [2.75, 3.05) is 26.2 Å². The molecule has 2 fully saturated rings. The van der Waals surface area contributed by atoms with Gasteiger partial charge in [0.1, 0.15) is 5.75 Å². The van der Waals surface area contributed by atoms with Crippen molar-refractivity contribution >= 4 is 17.5 Å². The van der Waals surface area contributed by atoms with Crippen LogP contribution in [-0.4, -0.2) is 43.1 Å². The van der Waals surface area contributed by atoms with Crippen LogP contribution in [0.4, 0.5) is 0 Å². The van der Waals surface area contributed by atoms with Crippen molar-refractivity contribution in [2.45, 2.75) is 38.6 Å². The number of amides is 1. The number of benzene rings is 1. The first-order valence-corrected chi connectivity index (χ1v) is 8.89. The van der Waals surface area contributed by atoms with Crippen LogP contribution in [0.5, 0.6) is 5.75 Å². The van der Waals surface area contributed by atoms with Crippen molar-refractivity contribution in [1.29, 1.82) is 0 Å². The Labute approximate surface area is 143 Å². The van der Waals surface area contributed by atoms with Crippen LogP contribution >= 0.6 is 11.6 Å². The smallest absolute Gasteiger partial charge is 0.260 e. The van der Waals surface area contributed by atoms with Crippen molar-refractivity contribution in [3.8, 4) is 5.75 Å². The highest BCUT2D eigenvalue weighted by Gasteiger charge is 2.26. The van der Waals surface area contributed by atoms with E-state index in [2.05, 4.69) is 5.32 Å². The van der Waals surface area contributed by atoms with E-state index in [-0.39, 0.29) is 12.5 Å². The van der Waals surface area contributed by atoms with E-state index in [0.29, 0.717) is 11.1 Å². The Balaban J connectivity index is 1.40. The van der Waals surface area contributed by atoms with Gasteiger partial charge in [-0.1, -0.05) is 11.6 Å². The number of aryl methyl sites for hydroxylation is 1. The van der Waals surface area contributed by atoms with Crippen molar-refractivity contribution in [3.05, 3.63) is 28.8 Å². The predicted octanol–water partition coefficient (Wildman–Crippen LogP) is 3.02. The van der Waals surface area contributed by atoms with Gasteiger partial charge in [-0.2, -0.15) is 0 Å². The van der Waals surface area contributed by atoms with Gasteiger partial charge in [0.25, 0.3) is 5.91 Å². The van der Waals surface area contributed by atoms with Gasteiger partial charge < -0.3 is 15.0 Å². The molecule has 0 radical (unpaired) electrons. The average Bonchev–Trinajstić information content (AvgIpc) is 3.37. The fraction of sp³-hybridized carbons (Fsp3) is 0.611. The summed E-state index contributed by atoms with van der Waals surface area (Å²) in [6, 6.07) is 6.02. The quantitative estimate of drug-likeness (QED) is 0.868. The maximum Gasteiger partial charge on any atom is 0.260 e. The van der Waals surface area contributed by atoms with E-state index in [1.807, 2.05) is 24.0 Å². The van der Waals surface area contributed by atoms with E-state index in [4.69, 9.17) is 16.3 Å². The Morgan fingerprint density at radius 1 is 1.30 bits per heavy atom. The Kier molecular flexibility index (Phi) is 5.44. The van der Waals surface area contributed by atoms with Gasteiger partial charge in [-0.15, -0.1) is 0 Å². The highest BCUT2D eigenvalue weighted by atomic mass is 35.5. The average molecular weight is 337 g/mol. The van der Waals surface area contributed by atoms with Crippen LogP contribution < -0.4 is 10.1 Å². The standard InChI is InChI=1S/C18H25ClN2O2/c1-13-10-15(19)4-5-17(13)23-12-18(22)21-8-6-16(7-9-21)20-11-14-2-3-14/h4-5,10,14,16,20H,2-3,6-9,11-12H2,1H3. The summed E-state index contributed by atoms with van der Waals surface area (Å²) in [5.41, 5.74) is 0.952. The second-order valence-electron chi connectivity index (χ2n) is 6.71. The molecular formula is C18H25ClN2O2. The number of rotatable bonds is 6. The molecule has 1 saturated carbocycles. The molecule has 5 heteroatoms. The molecule has 0 atom stereocenters. The number of carbonyl (C=O) groups is 1. The van der Waals surface area contributed by atoms with Crippen LogP contribution in [0.25, 0.3) is 0 Å².